The van der Waals surface area contributed by atoms with Crippen LogP contribution in [0.5, 0.6) is 0 Å². The minimum Gasteiger partial charge on any atom is -0.465 e. The van der Waals surface area contributed by atoms with Crippen LogP contribution in [-0.2, 0) is 19.5 Å². The quantitative estimate of drug-likeness (QED) is 0.754. The van der Waals surface area contributed by atoms with E-state index in [9.17, 15) is 13.2 Å². The van der Waals surface area contributed by atoms with Crippen LogP contribution in [0.4, 0.5) is 0 Å². The van der Waals surface area contributed by atoms with Crippen LogP contribution >= 0.6 is 11.6 Å². The predicted molar refractivity (Wildman–Crippen MR) is 96.9 cm³/mol. The molecule has 9 heteroatoms. The van der Waals surface area contributed by atoms with E-state index in [1.165, 1.54) is 25.3 Å². The number of benzene rings is 1. The van der Waals surface area contributed by atoms with Crippen molar-refractivity contribution in [3.63, 3.8) is 0 Å². The fourth-order valence-electron chi connectivity index (χ4n) is 3.43. The molecule has 0 amide bonds. The Morgan fingerprint density at radius 2 is 2.04 bits per heavy atom. The standard InChI is InChI=1S/C17H23ClN2O5S/c1-24-17(21)12-2-3-15(18)16(10-12)26(22,23)19-13-4-7-20(8-5-13)14-6-9-25-11-14/h2-3,10,13-14,19H,4-9,11H2,1H3. The number of methoxy groups -OCH3 is 1. The number of rotatable bonds is 5. The highest BCUT2D eigenvalue weighted by Crippen LogP contribution is 2.25. The lowest BCUT2D eigenvalue weighted by atomic mass is 10.0. The maximum Gasteiger partial charge on any atom is 0.337 e. The summed E-state index contributed by atoms with van der Waals surface area (Å²) in [7, 11) is -2.58. The van der Waals surface area contributed by atoms with Gasteiger partial charge in [0, 0.05) is 31.8 Å². The Balaban J connectivity index is 1.67. The van der Waals surface area contributed by atoms with E-state index in [1.54, 1.807) is 0 Å². The van der Waals surface area contributed by atoms with Crippen molar-refractivity contribution < 1.29 is 22.7 Å². The van der Waals surface area contributed by atoms with Crippen LogP contribution in [-0.4, -0.2) is 64.8 Å². The second-order valence-electron chi connectivity index (χ2n) is 6.59. The number of nitrogens with one attached hydrogen (secondary N) is 1. The van der Waals surface area contributed by atoms with Crippen molar-refractivity contribution in [2.45, 2.75) is 36.2 Å². The molecule has 2 aliphatic rings. The number of nitrogens with zero attached hydrogens (tertiary/aromatic N) is 1. The van der Waals surface area contributed by atoms with Crippen molar-refractivity contribution >= 4 is 27.6 Å². The van der Waals surface area contributed by atoms with E-state index < -0.39 is 16.0 Å². The summed E-state index contributed by atoms with van der Waals surface area (Å²) in [5.41, 5.74) is 0.147. The molecule has 0 saturated carbocycles. The monoisotopic (exact) mass is 402 g/mol. The Labute approximate surface area is 158 Å². The largest absolute Gasteiger partial charge is 0.465 e. The van der Waals surface area contributed by atoms with Crippen LogP contribution in [0.2, 0.25) is 5.02 Å². The molecule has 1 atom stereocenters. The third kappa shape index (κ3) is 4.37. The highest BCUT2D eigenvalue weighted by Gasteiger charge is 2.30. The molecule has 1 unspecified atom stereocenters. The van der Waals surface area contributed by atoms with E-state index in [4.69, 9.17) is 16.3 Å². The highest BCUT2D eigenvalue weighted by atomic mass is 35.5. The molecular formula is C17H23ClN2O5S. The van der Waals surface area contributed by atoms with E-state index in [2.05, 4.69) is 14.4 Å². The zero-order valence-electron chi connectivity index (χ0n) is 14.6. The van der Waals surface area contributed by atoms with Crippen LogP contribution in [0, 0.1) is 0 Å². The summed E-state index contributed by atoms with van der Waals surface area (Å²) in [5.74, 6) is -0.606. The average molecular weight is 403 g/mol. The van der Waals surface area contributed by atoms with Gasteiger partial charge in [-0.2, -0.15) is 0 Å². The molecule has 26 heavy (non-hydrogen) atoms. The molecule has 7 nitrogen and oxygen atoms in total. The smallest absolute Gasteiger partial charge is 0.337 e. The number of piperidine rings is 1. The molecule has 0 spiro atoms. The van der Waals surface area contributed by atoms with E-state index in [1.807, 2.05) is 0 Å². The lowest BCUT2D eigenvalue weighted by molar-refractivity contribution is 0.0600. The summed E-state index contributed by atoms with van der Waals surface area (Å²) < 4.78 is 38.3. The normalized spacial score (nSPS) is 22.5. The molecule has 2 heterocycles. The Kier molecular flexibility index (Phi) is 6.19. The summed E-state index contributed by atoms with van der Waals surface area (Å²) >= 11 is 6.06. The maximum absolute atomic E-state index is 12.7. The first-order chi connectivity index (χ1) is 12.4. The molecule has 0 bridgehead atoms. The van der Waals surface area contributed by atoms with Crippen molar-refractivity contribution in [1.82, 2.24) is 9.62 Å². The van der Waals surface area contributed by atoms with Gasteiger partial charge in [-0.3, -0.25) is 4.90 Å². The zero-order valence-corrected chi connectivity index (χ0v) is 16.2. The first-order valence-corrected chi connectivity index (χ1v) is 10.5. The van der Waals surface area contributed by atoms with Gasteiger partial charge in [0.05, 0.1) is 24.3 Å². The molecular weight excluding hydrogens is 380 g/mol. The number of hydrogen-bond acceptors (Lipinski definition) is 6. The lowest BCUT2D eigenvalue weighted by Gasteiger charge is -2.35. The van der Waals surface area contributed by atoms with Gasteiger partial charge in [0.25, 0.3) is 0 Å². The second kappa shape index (κ2) is 8.22. The molecule has 0 aromatic heterocycles. The predicted octanol–water partition coefficient (Wildman–Crippen LogP) is 1.66. The summed E-state index contributed by atoms with van der Waals surface area (Å²) in [6.45, 7) is 3.22. The van der Waals surface area contributed by atoms with Crippen LogP contribution < -0.4 is 4.72 Å². The minimum atomic E-state index is -3.82. The van der Waals surface area contributed by atoms with Gasteiger partial charge in [0.1, 0.15) is 4.90 Å². The maximum atomic E-state index is 12.7. The molecule has 144 valence electrons. The Hall–Kier alpha value is -1.19. The van der Waals surface area contributed by atoms with Crippen LogP contribution in [0.1, 0.15) is 29.6 Å². The van der Waals surface area contributed by atoms with Crippen molar-refractivity contribution in [3.05, 3.63) is 28.8 Å². The summed E-state index contributed by atoms with van der Waals surface area (Å²) in [4.78, 5) is 13.9. The van der Waals surface area contributed by atoms with Gasteiger partial charge in [-0.15, -0.1) is 0 Å². The van der Waals surface area contributed by atoms with Crippen LogP contribution in [0.3, 0.4) is 0 Å². The second-order valence-corrected chi connectivity index (χ2v) is 8.68. The lowest BCUT2D eigenvalue weighted by Crippen LogP contribution is -2.48. The molecule has 3 rings (SSSR count). The number of carbonyl (C=O) groups excluding carboxylic acids is 1. The van der Waals surface area contributed by atoms with Crippen molar-refractivity contribution in [2.75, 3.05) is 33.4 Å². The Morgan fingerprint density at radius 3 is 2.65 bits per heavy atom. The van der Waals surface area contributed by atoms with Crippen molar-refractivity contribution in [1.29, 1.82) is 0 Å². The van der Waals surface area contributed by atoms with Gasteiger partial charge >= 0.3 is 5.97 Å². The average Bonchev–Trinajstić information content (AvgIpc) is 3.16. The molecule has 2 aliphatic heterocycles. The fraction of sp³-hybridized carbons (Fsp3) is 0.588. The van der Waals surface area contributed by atoms with E-state index in [-0.39, 0.29) is 21.5 Å². The van der Waals surface area contributed by atoms with Gasteiger partial charge in [0.15, 0.2) is 0 Å². The third-order valence-corrected chi connectivity index (χ3v) is 6.92. The SMILES string of the molecule is COC(=O)c1ccc(Cl)c(S(=O)(=O)NC2CCN(C3CCOC3)CC2)c1. The summed E-state index contributed by atoms with van der Waals surface area (Å²) in [6.07, 6.45) is 2.49. The molecule has 2 saturated heterocycles. The zero-order chi connectivity index (χ0) is 18.7. The highest BCUT2D eigenvalue weighted by molar-refractivity contribution is 7.89. The number of carbonyl (C=O) groups is 1. The van der Waals surface area contributed by atoms with E-state index in [0.717, 1.165) is 45.6 Å². The van der Waals surface area contributed by atoms with Gasteiger partial charge in [-0.05, 0) is 37.5 Å². The number of ether oxygens (including phenoxy) is 2. The molecule has 1 aromatic rings. The number of likely N-dealkylation sites (tertiary alicyclic amines) is 1. The first kappa shape index (κ1) is 19.6. The van der Waals surface area contributed by atoms with Gasteiger partial charge in [-0.25, -0.2) is 17.9 Å². The van der Waals surface area contributed by atoms with Gasteiger partial charge in [-0.1, -0.05) is 11.6 Å². The molecule has 0 aliphatic carbocycles. The van der Waals surface area contributed by atoms with Gasteiger partial charge in [0.2, 0.25) is 10.0 Å². The fourth-order valence-corrected chi connectivity index (χ4v) is 5.26. The Morgan fingerprint density at radius 1 is 1.31 bits per heavy atom. The summed E-state index contributed by atoms with van der Waals surface area (Å²) in [5, 5.41) is 0.0747. The number of sulfonamides is 1. The molecule has 1 N–H and O–H groups in total. The van der Waals surface area contributed by atoms with Crippen LogP contribution in [0.25, 0.3) is 0 Å². The molecule has 2 fully saturated rings. The topological polar surface area (TPSA) is 84.9 Å². The van der Waals surface area contributed by atoms with E-state index >= 15 is 0 Å². The Bertz CT molecular complexity index is 756. The first-order valence-electron chi connectivity index (χ1n) is 8.62. The van der Waals surface area contributed by atoms with Crippen molar-refractivity contribution in [3.8, 4) is 0 Å². The summed E-state index contributed by atoms with van der Waals surface area (Å²) in [6, 6.07) is 4.37. The number of halogens is 1. The minimum absolute atomic E-state index is 0.0747. The van der Waals surface area contributed by atoms with Crippen molar-refractivity contribution in [2.24, 2.45) is 0 Å². The molecule has 0 radical (unpaired) electrons. The third-order valence-electron chi connectivity index (χ3n) is 4.92. The van der Waals surface area contributed by atoms with Gasteiger partial charge < -0.3 is 9.47 Å². The van der Waals surface area contributed by atoms with Crippen LogP contribution in [0.15, 0.2) is 23.1 Å². The van der Waals surface area contributed by atoms with E-state index in [0.29, 0.717) is 6.04 Å². The molecule has 1 aromatic carbocycles. The number of hydrogen-bond donors (Lipinski definition) is 1. The number of esters is 1.